The third kappa shape index (κ3) is 6.72. The van der Waals surface area contributed by atoms with Crippen LogP contribution in [0.2, 0.25) is 5.02 Å². The molecule has 0 bridgehead atoms. The summed E-state index contributed by atoms with van der Waals surface area (Å²) in [7, 11) is -3.21. The van der Waals surface area contributed by atoms with Crippen LogP contribution in [0.1, 0.15) is 52.4 Å². The molecule has 2 aliphatic rings. The van der Waals surface area contributed by atoms with E-state index in [2.05, 4.69) is 73.1 Å². The number of sulfonamides is 1. The molecule has 2 aromatic carbocycles. The normalized spacial score (nSPS) is 17.9. The Bertz CT molecular complexity index is 1700. The molecule has 214 valence electrons. The molecule has 7 nitrogen and oxygen atoms in total. The molecular formula is C32H33ClN5O2STl. The first-order valence-electron chi connectivity index (χ1n) is 14.2. The molecule has 0 saturated carbocycles. The van der Waals surface area contributed by atoms with E-state index in [1.807, 2.05) is 24.7 Å². The van der Waals surface area contributed by atoms with Gasteiger partial charge in [0.25, 0.3) is 0 Å². The van der Waals surface area contributed by atoms with E-state index in [0.717, 1.165) is 55.0 Å². The van der Waals surface area contributed by atoms with Crippen LogP contribution in [0, 0.1) is 5.92 Å². The van der Waals surface area contributed by atoms with Gasteiger partial charge in [-0.1, -0.05) is 0 Å². The van der Waals surface area contributed by atoms with E-state index in [1.165, 1.54) is 23.0 Å². The zero-order valence-corrected chi connectivity index (χ0v) is 29.7. The van der Waals surface area contributed by atoms with Gasteiger partial charge >= 0.3 is 229 Å². The molecule has 0 radical (unpaired) electrons. The Morgan fingerprint density at radius 1 is 1.00 bits per heavy atom. The maximum absolute atomic E-state index is 12.2. The first-order chi connectivity index (χ1) is 20.2. The van der Waals surface area contributed by atoms with Crippen LogP contribution in [-0.4, -0.2) is 81.9 Å². The summed E-state index contributed by atoms with van der Waals surface area (Å²) in [6.07, 6.45) is 11.1. The average Bonchev–Trinajstić information content (AvgIpc) is 3.32. The smallest absolute Gasteiger partial charge is 0.0137 e. The average molecular weight is 792 g/mol. The van der Waals surface area contributed by atoms with Crippen LogP contribution in [0.15, 0.2) is 79.4 Å². The third-order valence-electron chi connectivity index (χ3n) is 8.32. The van der Waals surface area contributed by atoms with Gasteiger partial charge in [0.2, 0.25) is 10.0 Å². The number of halogens is 1. The fourth-order valence-electron chi connectivity index (χ4n) is 6.39. The Kier molecular flexibility index (Phi) is 8.97. The molecule has 1 atom stereocenters. The van der Waals surface area contributed by atoms with E-state index in [0.29, 0.717) is 44.2 Å². The Hall–Kier alpha value is -2.38. The topological polar surface area (TPSA) is 71.3 Å². The number of pyridine rings is 1. The molecule has 1 fully saturated rings. The molecule has 10 heteroatoms. The Balaban J connectivity index is 1.39. The summed E-state index contributed by atoms with van der Waals surface area (Å²) >= 11 is 7.26. The molecule has 6 rings (SSSR count). The molecule has 0 spiro atoms. The minimum atomic E-state index is -3.21. The van der Waals surface area contributed by atoms with Gasteiger partial charge in [0.05, 0.1) is 6.26 Å². The number of piperidine rings is 1. The van der Waals surface area contributed by atoms with Gasteiger partial charge in [-0.25, -0.2) is 12.7 Å². The monoisotopic (exact) mass is 791 g/mol. The van der Waals surface area contributed by atoms with Crippen LogP contribution in [0.25, 0.3) is 11.6 Å². The summed E-state index contributed by atoms with van der Waals surface area (Å²) in [6.45, 7) is 3.31. The maximum atomic E-state index is 12.2. The summed E-state index contributed by atoms with van der Waals surface area (Å²) in [5.74, 6) is 0.316. The second kappa shape index (κ2) is 12.7. The van der Waals surface area contributed by atoms with Crippen molar-refractivity contribution >= 4 is 59.3 Å². The van der Waals surface area contributed by atoms with Gasteiger partial charge in [-0.3, -0.25) is 0 Å². The van der Waals surface area contributed by atoms with Crippen molar-refractivity contribution in [3.8, 4) is 0 Å². The fraction of sp³-hybridized carbons (Fsp3) is 0.312. The number of nitrogens with zero attached hydrogens (tertiary/aromatic N) is 5. The summed E-state index contributed by atoms with van der Waals surface area (Å²) < 4.78 is 28.3. The van der Waals surface area contributed by atoms with Crippen molar-refractivity contribution < 1.29 is 8.42 Å². The number of hydrogen-bond acceptors (Lipinski definition) is 5. The van der Waals surface area contributed by atoms with Gasteiger partial charge in [0, 0.05) is 13.1 Å². The molecule has 4 aromatic rings. The molecule has 1 aliphatic heterocycles. The Morgan fingerprint density at radius 2 is 1.79 bits per heavy atom. The van der Waals surface area contributed by atoms with Gasteiger partial charge in [-0.2, -0.15) is 0 Å². The SMILES string of the molecule is CS(=O)(=O)N1CCC(C2c3ccc(Cl)cc3C=C(CN(Cc3ccccc3)Cc3c[n]([Tl])cn3)c3cccnc32)CC1. The predicted molar refractivity (Wildman–Crippen MR) is 168 cm³/mol. The van der Waals surface area contributed by atoms with Crippen molar-refractivity contribution in [3.05, 3.63) is 118 Å². The molecule has 1 saturated heterocycles. The number of aromatic nitrogens is 3. The second-order valence-corrected chi connectivity index (χ2v) is 16.0. The van der Waals surface area contributed by atoms with Crippen LogP contribution in [0.3, 0.4) is 0 Å². The number of rotatable bonds is 8. The van der Waals surface area contributed by atoms with E-state index in [-0.39, 0.29) is 11.8 Å². The Labute approximate surface area is 269 Å². The summed E-state index contributed by atoms with van der Waals surface area (Å²) in [6, 6.07) is 20.9. The zero-order valence-electron chi connectivity index (χ0n) is 23.6. The molecule has 1 aliphatic carbocycles. The van der Waals surface area contributed by atoms with Crippen LogP contribution >= 0.6 is 11.6 Å². The molecule has 0 amide bonds. The molecule has 1 unspecified atom stereocenters. The van der Waals surface area contributed by atoms with Crippen molar-refractivity contribution in [2.24, 2.45) is 5.92 Å². The van der Waals surface area contributed by atoms with Gasteiger partial charge in [0.15, 0.2) is 0 Å². The first-order valence-corrected chi connectivity index (χ1v) is 18.4. The number of benzene rings is 2. The fourth-order valence-corrected chi connectivity index (χ4v) is 8.38. The number of hydrogen-bond donors (Lipinski definition) is 0. The van der Waals surface area contributed by atoms with E-state index in [4.69, 9.17) is 16.6 Å². The van der Waals surface area contributed by atoms with Crippen LogP contribution in [0.5, 0.6) is 0 Å². The molecular weight excluding hydrogens is 758 g/mol. The minimum absolute atomic E-state index is 0.0493. The van der Waals surface area contributed by atoms with Crippen molar-refractivity contribution in [2.75, 3.05) is 25.9 Å². The van der Waals surface area contributed by atoms with Gasteiger partial charge in [-0.05, 0) is 0 Å². The van der Waals surface area contributed by atoms with Gasteiger partial charge in [0.1, 0.15) is 0 Å². The van der Waals surface area contributed by atoms with Gasteiger partial charge < -0.3 is 0 Å². The number of imidazole rings is 1. The molecule has 3 heterocycles. The predicted octanol–water partition coefficient (Wildman–Crippen LogP) is 5.22. The molecule has 42 heavy (non-hydrogen) atoms. The van der Waals surface area contributed by atoms with E-state index >= 15 is 0 Å². The molecule has 2 aromatic heterocycles. The first kappa shape index (κ1) is 29.7. The Morgan fingerprint density at radius 3 is 2.50 bits per heavy atom. The van der Waals surface area contributed by atoms with Crippen LogP contribution in [-0.2, 0) is 23.1 Å². The summed E-state index contributed by atoms with van der Waals surface area (Å²) in [5, 5.41) is 0.702. The number of fused-ring (bicyclic) bond motifs is 2. The second-order valence-electron chi connectivity index (χ2n) is 11.3. The van der Waals surface area contributed by atoms with E-state index in [1.54, 1.807) is 4.31 Å². The van der Waals surface area contributed by atoms with Crippen LogP contribution in [0.4, 0.5) is 0 Å². The van der Waals surface area contributed by atoms with Crippen molar-refractivity contribution in [1.29, 1.82) is 0 Å². The van der Waals surface area contributed by atoms with Crippen molar-refractivity contribution in [1.82, 2.24) is 21.5 Å². The van der Waals surface area contributed by atoms with Crippen molar-refractivity contribution in [3.63, 3.8) is 0 Å². The van der Waals surface area contributed by atoms with Gasteiger partial charge in [-0.15, -0.1) is 0 Å². The summed E-state index contributed by atoms with van der Waals surface area (Å²) in [5.41, 5.74) is 8.03. The zero-order chi connectivity index (χ0) is 29.3. The van der Waals surface area contributed by atoms with E-state index in [9.17, 15) is 8.42 Å². The molecule has 0 N–H and O–H groups in total. The minimum Gasteiger partial charge on any atom is 0.0137 e. The van der Waals surface area contributed by atoms with Crippen LogP contribution < -0.4 is 0 Å². The quantitative estimate of drug-likeness (QED) is 0.229. The standard InChI is InChI=1S/C32H33ClN5O2S.Tl/c1-41(39,40)38-14-11-24(12-15-38)31-29-10-9-27(33)17-25(29)16-26(30-8-5-13-35-32(30)31)20-37(21-28-18-34-22-36-28)19-23-6-3-2-4-7-23;/h2-10,13,16-18,22,24,31H,11-12,14-15,19-21H2,1H3;/q-1;+1. The van der Waals surface area contributed by atoms with Crippen molar-refractivity contribution in [2.45, 2.75) is 31.8 Å². The summed E-state index contributed by atoms with van der Waals surface area (Å²) in [4.78, 5) is 12.1. The van der Waals surface area contributed by atoms with E-state index < -0.39 is 10.0 Å². The third-order valence-corrected chi connectivity index (χ3v) is 11.0.